The van der Waals surface area contributed by atoms with Crippen LogP contribution in [-0.4, -0.2) is 26.5 Å². The second kappa shape index (κ2) is 8.26. The lowest BCUT2D eigenvalue weighted by atomic mass is 9.87. The van der Waals surface area contributed by atoms with Crippen LogP contribution in [0.2, 0.25) is 0 Å². The molecule has 0 N–H and O–H groups in total. The molecule has 2 aromatic heterocycles. The Morgan fingerprint density at radius 2 is 1.75 bits per heavy atom. The maximum Gasteiger partial charge on any atom is 0.231 e. The van der Waals surface area contributed by atoms with E-state index in [9.17, 15) is 0 Å². The second-order valence-electron chi connectivity index (χ2n) is 8.69. The Morgan fingerprint density at radius 1 is 1.00 bits per heavy atom. The maximum absolute atomic E-state index is 5.48. The van der Waals surface area contributed by atoms with Gasteiger partial charge in [-0.15, -0.1) is 21.5 Å². The third-order valence-corrected chi connectivity index (χ3v) is 7.36. The Labute approximate surface area is 195 Å². The molecule has 0 bridgehead atoms. The van der Waals surface area contributed by atoms with Crippen molar-refractivity contribution in [1.29, 1.82) is 0 Å². The van der Waals surface area contributed by atoms with Gasteiger partial charge in [0.05, 0.1) is 5.69 Å². The van der Waals surface area contributed by atoms with Gasteiger partial charge >= 0.3 is 0 Å². The van der Waals surface area contributed by atoms with E-state index in [4.69, 9.17) is 14.5 Å². The fourth-order valence-corrected chi connectivity index (χ4v) is 5.21. The van der Waals surface area contributed by atoms with Gasteiger partial charge in [0.2, 0.25) is 6.79 Å². The normalized spacial score (nSPS) is 13.0. The molecular weight excluding hydrogens is 440 g/mol. The standard InChI is InChI=1S/C24H24N4O2S2/c1-24(2,3)17-8-5-15(6-9-17)21-26-27-23(28(21)4)32-13-18-12-31-22(25-18)16-7-10-19-20(11-16)30-14-29-19/h5-12H,13-14H2,1-4H3. The fraction of sp³-hybridized carbons (Fsp3) is 0.292. The predicted molar refractivity (Wildman–Crippen MR) is 128 cm³/mol. The van der Waals surface area contributed by atoms with Crippen LogP contribution in [0.3, 0.4) is 0 Å². The van der Waals surface area contributed by atoms with Gasteiger partial charge in [-0.05, 0) is 29.2 Å². The number of hydrogen-bond donors (Lipinski definition) is 0. The molecule has 2 aromatic carbocycles. The van der Waals surface area contributed by atoms with Gasteiger partial charge in [0.15, 0.2) is 22.5 Å². The Kier molecular flexibility index (Phi) is 5.43. The first-order valence-electron chi connectivity index (χ1n) is 10.4. The van der Waals surface area contributed by atoms with E-state index < -0.39 is 0 Å². The SMILES string of the molecule is Cn1c(SCc2csc(-c3ccc4c(c3)OCO4)n2)nnc1-c1ccc(C(C)(C)C)cc1. The maximum atomic E-state index is 5.48. The summed E-state index contributed by atoms with van der Waals surface area (Å²) in [6.45, 7) is 6.93. The van der Waals surface area contributed by atoms with Crippen molar-refractivity contribution in [3.8, 4) is 33.5 Å². The van der Waals surface area contributed by atoms with Crippen LogP contribution in [0, 0.1) is 0 Å². The van der Waals surface area contributed by atoms with Gasteiger partial charge in [-0.3, -0.25) is 0 Å². The van der Waals surface area contributed by atoms with Gasteiger partial charge in [0.1, 0.15) is 5.01 Å². The lowest BCUT2D eigenvalue weighted by molar-refractivity contribution is 0.174. The van der Waals surface area contributed by atoms with E-state index >= 15 is 0 Å². The highest BCUT2D eigenvalue weighted by atomic mass is 32.2. The minimum absolute atomic E-state index is 0.131. The van der Waals surface area contributed by atoms with E-state index in [1.165, 1.54) is 5.56 Å². The summed E-state index contributed by atoms with van der Waals surface area (Å²) in [6, 6.07) is 14.5. The van der Waals surface area contributed by atoms with Crippen molar-refractivity contribution >= 4 is 23.1 Å². The van der Waals surface area contributed by atoms with Gasteiger partial charge in [0.25, 0.3) is 0 Å². The van der Waals surface area contributed by atoms with Crippen LogP contribution in [0.5, 0.6) is 11.5 Å². The highest BCUT2D eigenvalue weighted by Gasteiger charge is 2.17. The van der Waals surface area contributed by atoms with Crippen molar-refractivity contribution in [1.82, 2.24) is 19.7 Å². The first-order chi connectivity index (χ1) is 15.4. The molecule has 4 aromatic rings. The van der Waals surface area contributed by atoms with Crippen LogP contribution in [0.1, 0.15) is 32.0 Å². The quantitative estimate of drug-likeness (QED) is 0.342. The predicted octanol–water partition coefficient (Wildman–Crippen LogP) is 5.92. The molecule has 0 saturated heterocycles. The molecule has 3 heterocycles. The van der Waals surface area contributed by atoms with E-state index in [1.54, 1.807) is 23.1 Å². The number of benzene rings is 2. The van der Waals surface area contributed by atoms with Crippen molar-refractivity contribution in [2.24, 2.45) is 7.05 Å². The Morgan fingerprint density at radius 3 is 2.53 bits per heavy atom. The first kappa shape index (κ1) is 21.0. The number of thiazole rings is 1. The average molecular weight is 465 g/mol. The molecule has 0 atom stereocenters. The molecule has 0 fully saturated rings. The van der Waals surface area contributed by atoms with Crippen molar-refractivity contribution in [3.05, 3.63) is 59.1 Å². The Bertz CT molecular complexity index is 1260. The first-order valence-corrected chi connectivity index (χ1v) is 12.2. The van der Waals surface area contributed by atoms with Gasteiger partial charge in [-0.1, -0.05) is 56.8 Å². The largest absolute Gasteiger partial charge is 0.454 e. The zero-order valence-electron chi connectivity index (χ0n) is 18.5. The highest BCUT2D eigenvalue weighted by molar-refractivity contribution is 7.98. The third-order valence-electron chi connectivity index (χ3n) is 5.36. The molecule has 5 rings (SSSR count). The lowest BCUT2D eigenvalue weighted by Gasteiger charge is -2.19. The summed E-state index contributed by atoms with van der Waals surface area (Å²) in [5.74, 6) is 3.16. The summed E-state index contributed by atoms with van der Waals surface area (Å²) in [5, 5.41) is 12.8. The van der Waals surface area contributed by atoms with E-state index in [2.05, 4.69) is 60.6 Å². The second-order valence-corrected chi connectivity index (χ2v) is 10.5. The van der Waals surface area contributed by atoms with Crippen LogP contribution < -0.4 is 9.47 Å². The molecule has 0 amide bonds. The summed E-state index contributed by atoms with van der Waals surface area (Å²) in [4.78, 5) is 4.79. The molecule has 32 heavy (non-hydrogen) atoms. The van der Waals surface area contributed by atoms with Crippen LogP contribution in [0.25, 0.3) is 22.0 Å². The van der Waals surface area contributed by atoms with Gasteiger partial charge in [-0.2, -0.15) is 0 Å². The molecule has 0 saturated carbocycles. The third kappa shape index (κ3) is 4.12. The molecule has 164 valence electrons. The van der Waals surface area contributed by atoms with E-state index in [0.717, 1.165) is 50.1 Å². The molecule has 6 nitrogen and oxygen atoms in total. The van der Waals surface area contributed by atoms with Crippen molar-refractivity contribution in [3.63, 3.8) is 0 Å². The minimum atomic E-state index is 0.131. The Hall–Kier alpha value is -2.84. The molecule has 0 spiro atoms. The van der Waals surface area contributed by atoms with E-state index in [0.29, 0.717) is 0 Å². The number of fused-ring (bicyclic) bond motifs is 1. The van der Waals surface area contributed by atoms with Crippen LogP contribution in [0.4, 0.5) is 0 Å². The van der Waals surface area contributed by atoms with E-state index in [-0.39, 0.29) is 12.2 Å². The number of aromatic nitrogens is 4. The molecule has 8 heteroatoms. The molecule has 0 aliphatic carbocycles. The van der Waals surface area contributed by atoms with Crippen LogP contribution in [0.15, 0.2) is 53.0 Å². The molecule has 1 aliphatic heterocycles. The topological polar surface area (TPSA) is 62.1 Å². The summed E-state index contributed by atoms with van der Waals surface area (Å²) in [7, 11) is 2.01. The zero-order valence-corrected chi connectivity index (χ0v) is 20.1. The molecule has 0 radical (unpaired) electrons. The molecule has 0 unspecified atom stereocenters. The summed E-state index contributed by atoms with van der Waals surface area (Å²) in [5.41, 5.74) is 4.56. The summed E-state index contributed by atoms with van der Waals surface area (Å²) in [6.07, 6.45) is 0. The van der Waals surface area contributed by atoms with Crippen molar-refractivity contribution in [2.75, 3.05) is 6.79 Å². The van der Waals surface area contributed by atoms with E-state index in [1.807, 2.05) is 29.8 Å². The van der Waals surface area contributed by atoms with Gasteiger partial charge in [0, 0.05) is 29.3 Å². The molecular formula is C24H24N4O2S2. The lowest BCUT2D eigenvalue weighted by Crippen LogP contribution is -2.10. The van der Waals surface area contributed by atoms with Crippen LogP contribution in [-0.2, 0) is 18.2 Å². The monoisotopic (exact) mass is 464 g/mol. The zero-order chi connectivity index (χ0) is 22.3. The molecule has 1 aliphatic rings. The number of ether oxygens (including phenoxy) is 2. The van der Waals surface area contributed by atoms with Crippen molar-refractivity contribution < 1.29 is 9.47 Å². The van der Waals surface area contributed by atoms with Gasteiger partial charge < -0.3 is 14.0 Å². The fourth-order valence-electron chi connectivity index (χ4n) is 3.49. The van der Waals surface area contributed by atoms with Crippen LogP contribution >= 0.6 is 23.1 Å². The number of nitrogens with zero attached hydrogens (tertiary/aromatic N) is 4. The number of thioether (sulfide) groups is 1. The van der Waals surface area contributed by atoms with Crippen molar-refractivity contribution in [2.45, 2.75) is 37.1 Å². The summed E-state index contributed by atoms with van der Waals surface area (Å²) < 4.78 is 12.9. The highest BCUT2D eigenvalue weighted by Crippen LogP contribution is 2.37. The average Bonchev–Trinajstić information content (AvgIpc) is 3.51. The smallest absolute Gasteiger partial charge is 0.231 e. The Balaban J connectivity index is 1.28. The number of rotatable bonds is 5. The summed E-state index contributed by atoms with van der Waals surface area (Å²) >= 11 is 3.27. The minimum Gasteiger partial charge on any atom is -0.454 e. The number of hydrogen-bond acceptors (Lipinski definition) is 7. The van der Waals surface area contributed by atoms with Gasteiger partial charge in [-0.25, -0.2) is 4.98 Å².